The summed E-state index contributed by atoms with van der Waals surface area (Å²) >= 11 is 0. The van der Waals surface area contributed by atoms with Gasteiger partial charge in [-0.3, -0.25) is 0 Å². The molecule has 0 radical (unpaired) electrons. The van der Waals surface area contributed by atoms with E-state index in [1.807, 2.05) is 24.3 Å². The summed E-state index contributed by atoms with van der Waals surface area (Å²) in [4.78, 5) is 13.4. The number of ether oxygens (including phenoxy) is 1. The van der Waals surface area contributed by atoms with E-state index in [0.29, 0.717) is 5.88 Å². The van der Waals surface area contributed by atoms with Crippen LogP contribution in [0.5, 0.6) is 5.75 Å². The van der Waals surface area contributed by atoms with Crippen LogP contribution in [0, 0.1) is 0 Å². The Balaban J connectivity index is 2.32. The molecule has 13 heavy (non-hydrogen) atoms. The Morgan fingerprint density at radius 1 is 1.38 bits per heavy atom. The van der Waals surface area contributed by atoms with Gasteiger partial charge in [-0.05, 0) is 24.1 Å². The van der Waals surface area contributed by atoms with Gasteiger partial charge in [-0.15, -0.1) is 4.99 Å². The first-order chi connectivity index (χ1) is 6.40. The molecule has 0 spiro atoms. The predicted molar refractivity (Wildman–Crippen MR) is 47.0 cm³/mol. The van der Waals surface area contributed by atoms with Crippen LogP contribution in [0.2, 0.25) is 0 Å². The smallest absolute Gasteiger partial charge is 0.243 e. The molecule has 0 atom stereocenters. The van der Waals surface area contributed by atoms with Crippen LogP contribution in [-0.2, 0) is 11.2 Å². The summed E-state index contributed by atoms with van der Waals surface area (Å²) in [6, 6.07) is 7.66. The third kappa shape index (κ3) is 1.50. The van der Waals surface area contributed by atoms with Crippen molar-refractivity contribution in [3.8, 4) is 5.75 Å². The number of hydrogen-bond acceptors (Lipinski definition) is 3. The summed E-state index contributed by atoms with van der Waals surface area (Å²) in [5.74, 6) is 1.09. The Morgan fingerprint density at radius 2 is 2.23 bits per heavy atom. The molecule has 1 aromatic carbocycles. The maximum absolute atomic E-state index is 9.97. The summed E-state index contributed by atoms with van der Waals surface area (Å²) in [7, 11) is 0. The quantitative estimate of drug-likeness (QED) is 0.479. The molecule has 3 heteroatoms. The van der Waals surface area contributed by atoms with Gasteiger partial charge in [0, 0.05) is 0 Å². The minimum Gasteiger partial charge on any atom is -0.438 e. The summed E-state index contributed by atoms with van der Waals surface area (Å²) in [6.07, 6.45) is 3.95. The molecule has 1 aliphatic heterocycles. The van der Waals surface area contributed by atoms with Gasteiger partial charge in [0.15, 0.2) is 0 Å². The number of rotatable bonds is 1. The van der Waals surface area contributed by atoms with Crippen LogP contribution in [0.1, 0.15) is 5.56 Å². The second kappa shape index (κ2) is 3.25. The van der Waals surface area contributed by atoms with E-state index in [-0.39, 0.29) is 0 Å². The molecule has 64 valence electrons. The number of nitrogens with zero attached hydrogens (tertiary/aromatic N) is 1. The second-order valence-corrected chi connectivity index (χ2v) is 2.66. The van der Waals surface area contributed by atoms with Gasteiger partial charge in [-0.25, -0.2) is 4.79 Å². The highest BCUT2D eigenvalue weighted by atomic mass is 16.5. The lowest BCUT2D eigenvalue weighted by molar-refractivity contribution is 0.404. The van der Waals surface area contributed by atoms with Gasteiger partial charge in [-0.1, -0.05) is 18.2 Å². The van der Waals surface area contributed by atoms with Gasteiger partial charge in [0.2, 0.25) is 12.0 Å². The lowest BCUT2D eigenvalue weighted by atomic mass is 10.1. The Bertz CT molecular complexity index is 403. The van der Waals surface area contributed by atoms with Crippen LogP contribution >= 0.6 is 0 Å². The monoisotopic (exact) mass is 173 g/mol. The van der Waals surface area contributed by atoms with Gasteiger partial charge < -0.3 is 4.74 Å². The largest absolute Gasteiger partial charge is 0.438 e. The molecule has 0 bridgehead atoms. The number of para-hydroxylation sites is 1. The topological polar surface area (TPSA) is 38.7 Å². The molecule has 0 saturated carbocycles. The van der Waals surface area contributed by atoms with Gasteiger partial charge in [-0.2, -0.15) is 0 Å². The van der Waals surface area contributed by atoms with E-state index in [0.717, 1.165) is 17.7 Å². The Kier molecular flexibility index (Phi) is 1.94. The Morgan fingerprint density at radius 3 is 3.08 bits per heavy atom. The highest BCUT2D eigenvalue weighted by Crippen LogP contribution is 2.25. The molecule has 3 nitrogen and oxygen atoms in total. The van der Waals surface area contributed by atoms with Crippen LogP contribution in [-0.4, -0.2) is 6.08 Å². The van der Waals surface area contributed by atoms with Gasteiger partial charge >= 0.3 is 0 Å². The number of isocyanates is 1. The van der Waals surface area contributed by atoms with E-state index < -0.39 is 0 Å². The number of hydrogen-bond donors (Lipinski definition) is 0. The van der Waals surface area contributed by atoms with Crippen molar-refractivity contribution in [3.63, 3.8) is 0 Å². The Hall–Kier alpha value is -1.86. The van der Waals surface area contributed by atoms with Crippen LogP contribution in [0.3, 0.4) is 0 Å². The lowest BCUT2D eigenvalue weighted by Crippen LogP contribution is -2.02. The molecule has 2 rings (SSSR count). The van der Waals surface area contributed by atoms with Crippen LogP contribution < -0.4 is 4.74 Å². The Labute approximate surface area is 75.4 Å². The van der Waals surface area contributed by atoms with Gasteiger partial charge in [0.05, 0.1) is 0 Å². The highest BCUT2D eigenvalue weighted by Gasteiger charge is 2.10. The molecular formula is C10H7NO2. The zero-order valence-electron chi connectivity index (χ0n) is 6.86. The lowest BCUT2D eigenvalue weighted by Gasteiger charge is -2.13. The molecule has 0 aliphatic carbocycles. The second-order valence-electron chi connectivity index (χ2n) is 2.66. The number of carbonyl (C=O) groups excluding carboxylic acids is 1. The summed E-state index contributed by atoms with van der Waals surface area (Å²) < 4.78 is 5.30. The first kappa shape index (κ1) is 7.77. The molecule has 0 N–H and O–H groups in total. The molecule has 1 heterocycles. The standard InChI is InChI=1S/C10H7NO2/c12-7-11-10-6-5-8-3-1-2-4-9(8)13-10/h1-4,6H,5H2. The predicted octanol–water partition coefficient (Wildman–Crippen LogP) is 1.80. The molecule has 1 aromatic rings. The fourth-order valence-electron chi connectivity index (χ4n) is 1.24. The maximum atomic E-state index is 9.97. The van der Waals surface area contributed by atoms with E-state index in [1.54, 1.807) is 6.08 Å². The van der Waals surface area contributed by atoms with Crippen molar-refractivity contribution in [2.75, 3.05) is 0 Å². The van der Waals surface area contributed by atoms with E-state index in [2.05, 4.69) is 4.99 Å². The van der Waals surface area contributed by atoms with Crippen molar-refractivity contribution in [3.05, 3.63) is 41.8 Å². The van der Waals surface area contributed by atoms with Crippen molar-refractivity contribution in [1.82, 2.24) is 0 Å². The summed E-state index contributed by atoms with van der Waals surface area (Å²) in [5, 5.41) is 0. The number of fused-ring (bicyclic) bond motifs is 1. The third-order valence-electron chi connectivity index (χ3n) is 1.84. The molecular weight excluding hydrogens is 166 g/mol. The highest BCUT2D eigenvalue weighted by molar-refractivity contribution is 5.42. The fraction of sp³-hybridized carbons (Fsp3) is 0.100. The average molecular weight is 173 g/mol. The number of benzene rings is 1. The SMILES string of the molecule is O=C=NC1=CCc2ccccc2O1. The molecule has 1 aliphatic rings. The van der Waals surface area contributed by atoms with Crippen molar-refractivity contribution < 1.29 is 9.53 Å². The molecule has 0 amide bonds. The van der Waals surface area contributed by atoms with E-state index in [1.165, 1.54) is 6.08 Å². The minimum atomic E-state index is 0.328. The fourth-order valence-corrected chi connectivity index (χ4v) is 1.24. The molecule has 0 aromatic heterocycles. The van der Waals surface area contributed by atoms with Crippen molar-refractivity contribution in [2.45, 2.75) is 6.42 Å². The van der Waals surface area contributed by atoms with E-state index >= 15 is 0 Å². The van der Waals surface area contributed by atoms with Crippen molar-refractivity contribution >= 4 is 6.08 Å². The number of aliphatic imine (C=N–C) groups is 1. The zero-order chi connectivity index (χ0) is 9.10. The van der Waals surface area contributed by atoms with Crippen LogP contribution in [0.4, 0.5) is 0 Å². The van der Waals surface area contributed by atoms with Gasteiger partial charge in [0.1, 0.15) is 5.75 Å². The molecule has 0 fully saturated rings. The van der Waals surface area contributed by atoms with E-state index in [9.17, 15) is 4.79 Å². The van der Waals surface area contributed by atoms with Gasteiger partial charge in [0.25, 0.3) is 0 Å². The average Bonchev–Trinajstić information content (AvgIpc) is 2.18. The first-order valence-electron chi connectivity index (χ1n) is 3.94. The zero-order valence-corrected chi connectivity index (χ0v) is 6.86. The van der Waals surface area contributed by atoms with Crippen molar-refractivity contribution in [1.29, 1.82) is 0 Å². The normalized spacial score (nSPS) is 13.4. The number of allylic oxidation sites excluding steroid dienone is 1. The van der Waals surface area contributed by atoms with Crippen molar-refractivity contribution in [2.24, 2.45) is 4.99 Å². The van der Waals surface area contributed by atoms with Crippen LogP contribution in [0.15, 0.2) is 41.2 Å². The van der Waals surface area contributed by atoms with E-state index in [4.69, 9.17) is 4.74 Å². The minimum absolute atomic E-state index is 0.328. The molecule has 0 saturated heterocycles. The molecule has 0 unspecified atom stereocenters. The third-order valence-corrected chi connectivity index (χ3v) is 1.84. The summed E-state index contributed by atoms with van der Waals surface area (Å²) in [5.41, 5.74) is 1.10. The first-order valence-corrected chi connectivity index (χ1v) is 3.94. The maximum Gasteiger partial charge on any atom is 0.243 e. The van der Waals surface area contributed by atoms with Crippen LogP contribution in [0.25, 0.3) is 0 Å². The summed E-state index contributed by atoms with van der Waals surface area (Å²) in [6.45, 7) is 0.